The first kappa shape index (κ1) is 16.9. The largest absolute Gasteiger partial charge is 0.493 e. The predicted octanol–water partition coefficient (Wildman–Crippen LogP) is 3.86. The van der Waals surface area contributed by atoms with Gasteiger partial charge in [-0.1, -0.05) is 36.4 Å². The Morgan fingerprint density at radius 3 is 2.30 bits per heavy atom. The van der Waals surface area contributed by atoms with E-state index in [1.54, 1.807) is 20.3 Å². The number of hydrogen-bond acceptors (Lipinski definition) is 4. The molecule has 0 bridgehead atoms. The lowest BCUT2D eigenvalue weighted by molar-refractivity contribution is 0.295. The van der Waals surface area contributed by atoms with Crippen molar-refractivity contribution >= 4 is 0 Å². The minimum atomic E-state index is -0.210. The van der Waals surface area contributed by atoms with Crippen molar-refractivity contribution < 1.29 is 14.2 Å². The van der Waals surface area contributed by atoms with Crippen LogP contribution in [0, 0.1) is 0 Å². The van der Waals surface area contributed by atoms with Gasteiger partial charge in [-0.05, 0) is 18.1 Å². The van der Waals surface area contributed by atoms with Gasteiger partial charge in [-0.3, -0.25) is 0 Å². The van der Waals surface area contributed by atoms with Crippen molar-refractivity contribution in [2.24, 2.45) is 5.73 Å². The second kappa shape index (κ2) is 8.25. The molecule has 0 amide bonds. The van der Waals surface area contributed by atoms with E-state index >= 15 is 0 Å². The maximum absolute atomic E-state index is 6.24. The van der Waals surface area contributed by atoms with Crippen LogP contribution in [-0.4, -0.2) is 14.2 Å². The molecule has 2 rings (SSSR count). The average molecular weight is 313 g/mol. The zero-order valence-electron chi connectivity index (χ0n) is 13.6. The molecular weight excluding hydrogens is 290 g/mol. The minimum Gasteiger partial charge on any atom is -0.493 e. The molecule has 4 nitrogen and oxygen atoms in total. The lowest BCUT2D eigenvalue weighted by Crippen LogP contribution is -2.12. The number of ether oxygens (including phenoxy) is 3. The van der Waals surface area contributed by atoms with E-state index in [2.05, 4.69) is 6.58 Å². The van der Waals surface area contributed by atoms with E-state index in [0.29, 0.717) is 30.3 Å². The summed E-state index contributed by atoms with van der Waals surface area (Å²) in [5, 5.41) is 0. The number of benzene rings is 2. The van der Waals surface area contributed by atoms with Crippen LogP contribution in [-0.2, 0) is 6.61 Å². The summed E-state index contributed by atoms with van der Waals surface area (Å²) in [5.41, 5.74) is 8.20. The van der Waals surface area contributed by atoms with Gasteiger partial charge in [0, 0.05) is 17.7 Å². The van der Waals surface area contributed by atoms with Crippen LogP contribution < -0.4 is 19.9 Å². The summed E-state index contributed by atoms with van der Waals surface area (Å²) < 4.78 is 16.7. The average Bonchev–Trinajstić information content (AvgIpc) is 2.60. The molecule has 0 saturated heterocycles. The summed E-state index contributed by atoms with van der Waals surface area (Å²) in [4.78, 5) is 0. The lowest BCUT2D eigenvalue weighted by atomic mass is 10.0. The van der Waals surface area contributed by atoms with Gasteiger partial charge in [-0.2, -0.15) is 0 Å². The number of methoxy groups -OCH3 is 2. The molecular formula is C19H23NO3. The maximum Gasteiger partial charge on any atom is 0.164 e. The first-order chi connectivity index (χ1) is 11.2. The van der Waals surface area contributed by atoms with Crippen molar-refractivity contribution in [2.45, 2.75) is 19.1 Å². The van der Waals surface area contributed by atoms with E-state index in [1.165, 1.54) is 0 Å². The smallest absolute Gasteiger partial charge is 0.164 e. The van der Waals surface area contributed by atoms with Gasteiger partial charge in [0.25, 0.3) is 0 Å². The Balaban J connectivity index is 2.32. The Labute approximate surface area is 137 Å². The molecule has 2 N–H and O–H groups in total. The van der Waals surface area contributed by atoms with Crippen molar-refractivity contribution in [1.82, 2.24) is 0 Å². The summed E-state index contributed by atoms with van der Waals surface area (Å²) in [7, 11) is 3.20. The molecule has 23 heavy (non-hydrogen) atoms. The lowest BCUT2D eigenvalue weighted by Gasteiger charge is -2.19. The van der Waals surface area contributed by atoms with Crippen LogP contribution in [0.1, 0.15) is 23.6 Å². The van der Waals surface area contributed by atoms with E-state index in [0.717, 1.165) is 11.1 Å². The van der Waals surface area contributed by atoms with Gasteiger partial charge in [0.05, 0.1) is 14.2 Å². The van der Waals surface area contributed by atoms with Gasteiger partial charge in [-0.25, -0.2) is 0 Å². The van der Waals surface area contributed by atoms with E-state index in [4.69, 9.17) is 19.9 Å². The molecule has 122 valence electrons. The summed E-state index contributed by atoms with van der Waals surface area (Å²) in [6.07, 6.45) is 2.44. The molecule has 0 aromatic heterocycles. The van der Waals surface area contributed by atoms with Crippen molar-refractivity contribution in [3.05, 3.63) is 66.2 Å². The summed E-state index contributed by atoms with van der Waals surface area (Å²) >= 11 is 0. The molecule has 0 radical (unpaired) electrons. The molecule has 4 heteroatoms. The van der Waals surface area contributed by atoms with Gasteiger partial charge >= 0.3 is 0 Å². The van der Waals surface area contributed by atoms with Crippen molar-refractivity contribution in [3.63, 3.8) is 0 Å². The fourth-order valence-corrected chi connectivity index (χ4v) is 2.33. The zero-order valence-corrected chi connectivity index (χ0v) is 13.6. The third-order valence-electron chi connectivity index (χ3n) is 3.57. The van der Waals surface area contributed by atoms with E-state index in [1.807, 2.05) is 42.5 Å². The van der Waals surface area contributed by atoms with Crippen molar-refractivity contribution in [1.29, 1.82) is 0 Å². The first-order valence-corrected chi connectivity index (χ1v) is 7.48. The molecule has 0 heterocycles. The SMILES string of the molecule is C=CC[C@@H](N)c1cc(OC)c(OC)cc1OCc1ccccc1. The quantitative estimate of drug-likeness (QED) is 0.752. The number of nitrogens with two attached hydrogens (primary N) is 1. The highest BCUT2D eigenvalue weighted by molar-refractivity contribution is 5.52. The fraction of sp³-hybridized carbons (Fsp3) is 0.263. The highest BCUT2D eigenvalue weighted by atomic mass is 16.5. The molecule has 0 fully saturated rings. The van der Waals surface area contributed by atoms with Gasteiger partial charge in [0.1, 0.15) is 12.4 Å². The molecule has 2 aromatic rings. The van der Waals surface area contributed by atoms with Gasteiger partial charge in [0.2, 0.25) is 0 Å². The van der Waals surface area contributed by atoms with Crippen LogP contribution in [0.2, 0.25) is 0 Å². The third kappa shape index (κ3) is 4.27. The normalized spacial score (nSPS) is 11.6. The van der Waals surface area contributed by atoms with Crippen LogP contribution in [0.4, 0.5) is 0 Å². The molecule has 2 aromatic carbocycles. The highest BCUT2D eigenvalue weighted by Crippen LogP contribution is 2.38. The summed E-state index contributed by atoms with van der Waals surface area (Å²) in [5.74, 6) is 1.94. The second-order valence-electron chi connectivity index (χ2n) is 5.15. The molecule has 0 saturated carbocycles. The summed E-state index contributed by atoms with van der Waals surface area (Å²) in [6, 6.07) is 13.5. The molecule has 0 spiro atoms. The van der Waals surface area contributed by atoms with Crippen LogP contribution in [0.25, 0.3) is 0 Å². The van der Waals surface area contributed by atoms with E-state index < -0.39 is 0 Å². The van der Waals surface area contributed by atoms with E-state index in [-0.39, 0.29) is 6.04 Å². The molecule has 0 aliphatic heterocycles. The van der Waals surface area contributed by atoms with E-state index in [9.17, 15) is 0 Å². The third-order valence-corrected chi connectivity index (χ3v) is 3.57. The molecule has 0 aliphatic rings. The van der Waals surface area contributed by atoms with Crippen LogP contribution in [0.5, 0.6) is 17.2 Å². The predicted molar refractivity (Wildman–Crippen MR) is 92.1 cm³/mol. The highest BCUT2D eigenvalue weighted by Gasteiger charge is 2.17. The van der Waals surface area contributed by atoms with Gasteiger partial charge in [-0.15, -0.1) is 6.58 Å². The van der Waals surface area contributed by atoms with Crippen molar-refractivity contribution in [2.75, 3.05) is 14.2 Å². The minimum absolute atomic E-state index is 0.210. The Hall–Kier alpha value is -2.46. The Kier molecular flexibility index (Phi) is 6.06. The fourth-order valence-electron chi connectivity index (χ4n) is 2.33. The topological polar surface area (TPSA) is 53.7 Å². The second-order valence-corrected chi connectivity index (χ2v) is 5.15. The molecule has 0 unspecified atom stereocenters. The number of hydrogen-bond donors (Lipinski definition) is 1. The Morgan fingerprint density at radius 1 is 1.04 bits per heavy atom. The van der Waals surface area contributed by atoms with Crippen molar-refractivity contribution in [3.8, 4) is 17.2 Å². The van der Waals surface area contributed by atoms with Crippen LogP contribution in [0.15, 0.2) is 55.1 Å². The standard InChI is InChI=1S/C19H23NO3/c1-4-8-16(20)15-11-18(21-2)19(22-3)12-17(15)23-13-14-9-6-5-7-10-14/h4-7,9-12,16H,1,8,13,20H2,2-3H3/t16-/m1/s1. The van der Waals surface area contributed by atoms with Gasteiger partial charge in [0.15, 0.2) is 11.5 Å². The monoisotopic (exact) mass is 313 g/mol. The van der Waals surface area contributed by atoms with Crippen LogP contribution in [0.3, 0.4) is 0 Å². The Bertz CT molecular complexity index is 641. The Morgan fingerprint density at radius 2 is 1.70 bits per heavy atom. The summed E-state index contributed by atoms with van der Waals surface area (Å²) in [6.45, 7) is 4.21. The maximum atomic E-state index is 6.24. The number of rotatable bonds is 8. The first-order valence-electron chi connectivity index (χ1n) is 7.48. The molecule has 1 atom stereocenters. The molecule has 0 aliphatic carbocycles. The zero-order chi connectivity index (χ0) is 16.7. The van der Waals surface area contributed by atoms with Crippen LogP contribution >= 0.6 is 0 Å². The van der Waals surface area contributed by atoms with Gasteiger partial charge < -0.3 is 19.9 Å².